The third kappa shape index (κ3) is 4.90. The molecule has 0 spiro atoms. The van der Waals surface area contributed by atoms with Gasteiger partial charge in [-0.2, -0.15) is 0 Å². The van der Waals surface area contributed by atoms with E-state index in [4.69, 9.17) is 0 Å². The molecule has 9 heteroatoms. The summed E-state index contributed by atoms with van der Waals surface area (Å²) in [5.41, 5.74) is 0.291. The predicted molar refractivity (Wildman–Crippen MR) is 98.3 cm³/mol. The molecule has 0 bridgehead atoms. The van der Waals surface area contributed by atoms with Crippen LogP contribution in [0.1, 0.15) is 18.4 Å². The maximum atomic E-state index is 13.7. The monoisotopic (exact) mass is 412 g/mol. The first-order valence-electron chi connectivity index (χ1n) is 8.73. The number of piperidine rings is 1. The lowest BCUT2D eigenvalue weighted by atomic mass is 9.98. The van der Waals surface area contributed by atoms with E-state index in [-0.39, 0.29) is 24.5 Å². The normalized spacial score (nSPS) is 18.0. The molecule has 0 aliphatic carbocycles. The second-order valence-electron chi connectivity index (χ2n) is 6.69. The Hall–Kier alpha value is -2.39. The zero-order chi connectivity index (χ0) is 20.3. The summed E-state index contributed by atoms with van der Waals surface area (Å²) in [6.07, 6.45) is 0.934. The highest BCUT2D eigenvalue weighted by Gasteiger charge is 2.32. The Bertz CT molecular complexity index is 965. The van der Waals surface area contributed by atoms with Gasteiger partial charge in [-0.3, -0.25) is 4.79 Å². The van der Waals surface area contributed by atoms with Crippen molar-refractivity contribution in [1.29, 1.82) is 0 Å². The lowest BCUT2D eigenvalue weighted by Gasteiger charge is -2.31. The second kappa shape index (κ2) is 8.32. The van der Waals surface area contributed by atoms with Crippen molar-refractivity contribution in [1.82, 2.24) is 4.31 Å². The number of carbonyl (C=O) groups excluding carboxylic acids is 1. The van der Waals surface area contributed by atoms with Crippen molar-refractivity contribution < 1.29 is 26.4 Å². The number of hydrogen-bond acceptors (Lipinski definition) is 3. The molecule has 28 heavy (non-hydrogen) atoms. The fraction of sp³-hybridized carbons (Fsp3) is 0.316. The van der Waals surface area contributed by atoms with Gasteiger partial charge in [0.2, 0.25) is 15.9 Å². The topological polar surface area (TPSA) is 66.5 Å². The third-order valence-electron chi connectivity index (χ3n) is 4.60. The molecule has 1 fully saturated rings. The molecule has 2 aromatic rings. The molecule has 1 saturated heterocycles. The van der Waals surface area contributed by atoms with Crippen LogP contribution in [0.15, 0.2) is 42.5 Å². The van der Waals surface area contributed by atoms with Crippen LogP contribution in [-0.2, 0) is 20.6 Å². The van der Waals surface area contributed by atoms with E-state index < -0.39 is 39.3 Å². The summed E-state index contributed by atoms with van der Waals surface area (Å²) in [5, 5.41) is 2.39. The minimum absolute atomic E-state index is 0.0296. The van der Waals surface area contributed by atoms with E-state index in [1.807, 2.05) is 0 Å². The summed E-state index contributed by atoms with van der Waals surface area (Å²) in [7, 11) is -3.70. The first-order valence-corrected chi connectivity index (χ1v) is 10.3. The first kappa shape index (κ1) is 20.3. The SMILES string of the molecule is O=C(Nc1ccc(F)cc1F)[C@@H]1CCCN(S(=O)(=O)Cc2ccc(F)cc2)C1. The highest BCUT2D eigenvalue weighted by molar-refractivity contribution is 7.88. The lowest BCUT2D eigenvalue weighted by molar-refractivity contribution is -0.120. The predicted octanol–water partition coefficient (Wildman–Crippen LogP) is 3.28. The molecular weight excluding hydrogens is 393 g/mol. The summed E-state index contributed by atoms with van der Waals surface area (Å²) in [6.45, 7) is 0.246. The Balaban J connectivity index is 1.67. The first-order chi connectivity index (χ1) is 13.2. The number of benzene rings is 2. The van der Waals surface area contributed by atoms with Crippen molar-refractivity contribution in [3.63, 3.8) is 0 Å². The van der Waals surface area contributed by atoms with Crippen LogP contribution >= 0.6 is 0 Å². The van der Waals surface area contributed by atoms with E-state index >= 15 is 0 Å². The van der Waals surface area contributed by atoms with Crippen molar-refractivity contribution in [3.05, 3.63) is 65.5 Å². The summed E-state index contributed by atoms with van der Waals surface area (Å²) in [5.74, 6) is -3.58. The van der Waals surface area contributed by atoms with Crippen molar-refractivity contribution >= 4 is 21.6 Å². The molecule has 150 valence electrons. The van der Waals surface area contributed by atoms with E-state index in [0.717, 1.165) is 12.1 Å². The molecule has 0 radical (unpaired) electrons. The average Bonchev–Trinajstić information content (AvgIpc) is 2.66. The Labute approximate surface area is 161 Å². The van der Waals surface area contributed by atoms with E-state index in [2.05, 4.69) is 5.32 Å². The summed E-state index contributed by atoms with van der Waals surface area (Å²) in [4.78, 5) is 12.4. The molecule has 0 unspecified atom stereocenters. The van der Waals surface area contributed by atoms with Crippen molar-refractivity contribution in [2.45, 2.75) is 18.6 Å². The zero-order valence-corrected chi connectivity index (χ0v) is 15.7. The Morgan fingerprint density at radius 2 is 1.75 bits per heavy atom. The van der Waals surface area contributed by atoms with E-state index in [1.54, 1.807) is 0 Å². The highest BCUT2D eigenvalue weighted by Crippen LogP contribution is 2.24. The van der Waals surface area contributed by atoms with E-state index in [1.165, 1.54) is 28.6 Å². The number of anilines is 1. The van der Waals surface area contributed by atoms with Gasteiger partial charge in [-0.1, -0.05) is 12.1 Å². The summed E-state index contributed by atoms with van der Waals surface area (Å²) in [6, 6.07) is 7.99. The summed E-state index contributed by atoms with van der Waals surface area (Å²) >= 11 is 0. The number of halogens is 3. The quantitative estimate of drug-likeness (QED) is 0.820. The molecule has 0 aromatic heterocycles. The standard InChI is InChI=1S/C19H19F3N2O3S/c20-15-5-3-13(4-6-15)12-28(26,27)24-9-1-2-14(11-24)19(25)23-18-8-7-16(21)10-17(18)22/h3-8,10,14H,1-2,9,11-12H2,(H,23,25)/t14-/m1/s1. The molecule has 1 atom stereocenters. The van der Waals surface area contributed by atoms with Crippen LogP contribution in [0.2, 0.25) is 0 Å². The molecule has 1 heterocycles. The van der Waals surface area contributed by atoms with Gasteiger partial charge in [-0.15, -0.1) is 0 Å². The van der Waals surface area contributed by atoms with Crippen LogP contribution in [0.25, 0.3) is 0 Å². The molecule has 2 aromatic carbocycles. The Morgan fingerprint density at radius 1 is 1.07 bits per heavy atom. The molecule has 5 nitrogen and oxygen atoms in total. The van der Waals surface area contributed by atoms with Gasteiger partial charge in [0.05, 0.1) is 17.4 Å². The van der Waals surface area contributed by atoms with Crippen LogP contribution in [0.4, 0.5) is 18.9 Å². The molecular formula is C19H19F3N2O3S. The molecule has 1 aliphatic rings. The van der Waals surface area contributed by atoms with Crippen molar-refractivity contribution in [3.8, 4) is 0 Å². The molecule has 1 aliphatic heterocycles. The van der Waals surface area contributed by atoms with Gasteiger partial charge < -0.3 is 5.32 Å². The van der Waals surface area contributed by atoms with Gasteiger partial charge in [-0.05, 0) is 42.7 Å². The largest absolute Gasteiger partial charge is 0.323 e. The number of rotatable bonds is 5. The molecule has 1 amide bonds. The number of hydrogen-bond donors (Lipinski definition) is 1. The van der Waals surface area contributed by atoms with E-state index in [0.29, 0.717) is 24.5 Å². The lowest BCUT2D eigenvalue weighted by Crippen LogP contribution is -2.44. The van der Waals surface area contributed by atoms with Crippen molar-refractivity contribution in [2.75, 3.05) is 18.4 Å². The number of amides is 1. The van der Waals surface area contributed by atoms with Gasteiger partial charge in [0.25, 0.3) is 0 Å². The van der Waals surface area contributed by atoms with Crippen LogP contribution in [-0.4, -0.2) is 31.7 Å². The number of nitrogens with zero attached hydrogens (tertiary/aromatic N) is 1. The van der Waals surface area contributed by atoms with Crippen LogP contribution in [0, 0.1) is 23.4 Å². The van der Waals surface area contributed by atoms with Crippen LogP contribution < -0.4 is 5.32 Å². The zero-order valence-electron chi connectivity index (χ0n) is 14.9. The van der Waals surface area contributed by atoms with Gasteiger partial charge in [0.1, 0.15) is 17.5 Å². The fourth-order valence-corrected chi connectivity index (χ4v) is 4.73. The van der Waals surface area contributed by atoms with Gasteiger partial charge in [0, 0.05) is 19.2 Å². The molecule has 0 saturated carbocycles. The fourth-order valence-electron chi connectivity index (χ4n) is 3.12. The maximum absolute atomic E-state index is 13.7. The highest BCUT2D eigenvalue weighted by atomic mass is 32.2. The molecule has 1 N–H and O–H groups in total. The smallest absolute Gasteiger partial charge is 0.228 e. The van der Waals surface area contributed by atoms with Gasteiger partial charge in [-0.25, -0.2) is 25.9 Å². The Kier molecular flexibility index (Phi) is 6.04. The summed E-state index contributed by atoms with van der Waals surface area (Å²) < 4.78 is 66.2. The Morgan fingerprint density at radius 3 is 2.43 bits per heavy atom. The number of sulfonamides is 1. The third-order valence-corrected chi connectivity index (χ3v) is 6.42. The molecule has 3 rings (SSSR count). The number of carbonyl (C=O) groups is 1. The van der Waals surface area contributed by atoms with Gasteiger partial charge in [0.15, 0.2) is 0 Å². The maximum Gasteiger partial charge on any atom is 0.228 e. The minimum atomic E-state index is -3.70. The second-order valence-corrected chi connectivity index (χ2v) is 8.66. The van der Waals surface area contributed by atoms with Crippen LogP contribution in [0.5, 0.6) is 0 Å². The number of nitrogens with one attached hydrogen (secondary N) is 1. The van der Waals surface area contributed by atoms with E-state index in [9.17, 15) is 26.4 Å². The van der Waals surface area contributed by atoms with Crippen molar-refractivity contribution in [2.24, 2.45) is 5.92 Å². The average molecular weight is 412 g/mol. The van der Waals surface area contributed by atoms with Crippen LogP contribution in [0.3, 0.4) is 0 Å². The van der Waals surface area contributed by atoms with Gasteiger partial charge >= 0.3 is 0 Å². The minimum Gasteiger partial charge on any atom is -0.323 e.